The van der Waals surface area contributed by atoms with Crippen molar-refractivity contribution in [1.29, 1.82) is 0 Å². The van der Waals surface area contributed by atoms with Crippen LogP contribution < -0.4 is 5.73 Å². The van der Waals surface area contributed by atoms with E-state index in [0.717, 1.165) is 6.42 Å². The van der Waals surface area contributed by atoms with Gasteiger partial charge in [-0.25, -0.2) is 15.0 Å². The SMILES string of the molecule is C=CC(=O)N1CC[C@H](n2cc(C#Cc3ccc4oc(C(F)(F)F)nc4c3)c3c(N)ncnc32)C1. The summed E-state index contributed by atoms with van der Waals surface area (Å²) in [5.41, 5.74) is 7.81. The van der Waals surface area contributed by atoms with E-state index in [-0.39, 0.29) is 28.9 Å². The van der Waals surface area contributed by atoms with Gasteiger partial charge in [-0.05, 0) is 30.7 Å². The Hall–Kier alpha value is -4.33. The zero-order valence-corrected chi connectivity index (χ0v) is 17.6. The minimum atomic E-state index is -4.67. The average molecular weight is 466 g/mol. The molecule has 1 atom stereocenters. The van der Waals surface area contributed by atoms with Crippen LogP contribution in [0, 0.1) is 11.8 Å². The molecule has 2 N–H and O–H groups in total. The fourth-order valence-corrected chi connectivity index (χ4v) is 4.05. The van der Waals surface area contributed by atoms with Gasteiger partial charge in [0.2, 0.25) is 5.91 Å². The number of hydrogen-bond donors (Lipinski definition) is 1. The number of halogens is 3. The van der Waals surface area contributed by atoms with Crippen LogP contribution in [0.15, 0.2) is 47.8 Å². The normalized spacial score (nSPS) is 16.1. The van der Waals surface area contributed by atoms with E-state index in [2.05, 4.69) is 33.4 Å². The molecule has 5 rings (SSSR count). The Balaban J connectivity index is 1.52. The standard InChI is InChI=1S/C23H17F3N6O2/c1-2-18(33)31-8-7-15(11-31)32-10-14(19-20(27)28-12-29-21(19)32)5-3-13-4-6-17-16(9-13)30-22(34-17)23(24,25)26/h2,4,6,9-10,12,15H,1,7-8,11H2,(H2,27,28,29)/t15-/m0/s1. The number of benzene rings is 1. The van der Waals surface area contributed by atoms with Crippen molar-refractivity contribution < 1.29 is 22.4 Å². The highest BCUT2D eigenvalue weighted by molar-refractivity contribution is 5.92. The molecule has 1 aromatic carbocycles. The molecule has 0 saturated carbocycles. The van der Waals surface area contributed by atoms with Gasteiger partial charge < -0.3 is 19.6 Å². The van der Waals surface area contributed by atoms with Gasteiger partial charge in [0.25, 0.3) is 0 Å². The molecule has 0 aliphatic carbocycles. The Labute approximate surface area is 190 Å². The fourth-order valence-electron chi connectivity index (χ4n) is 4.05. The minimum Gasteiger partial charge on any atom is -0.433 e. The Morgan fingerprint density at radius 1 is 1.29 bits per heavy atom. The molecule has 1 amide bonds. The average Bonchev–Trinajstić information content (AvgIpc) is 3.53. The lowest BCUT2D eigenvalue weighted by Gasteiger charge is -2.15. The molecule has 11 heteroatoms. The molecule has 1 aliphatic heterocycles. The molecule has 0 unspecified atom stereocenters. The van der Waals surface area contributed by atoms with Crippen LogP contribution in [0.2, 0.25) is 0 Å². The van der Waals surface area contributed by atoms with Crippen molar-refractivity contribution >= 4 is 33.9 Å². The number of anilines is 1. The number of carbonyl (C=O) groups excluding carboxylic acids is 1. The number of hydrogen-bond acceptors (Lipinski definition) is 6. The summed E-state index contributed by atoms with van der Waals surface area (Å²) in [5.74, 6) is 4.79. The number of rotatable bonds is 2. The van der Waals surface area contributed by atoms with Crippen molar-refractivity contribution in [3.05, 3.63) is 60.4 Å². The van der Waals surface area contributed by atoms with Gasteiger partial charge in [0, 0.05) is 24.8 Å². The molecular weight excluding hydrogens is 449 g/mol. The van der Waals surface area contributed by atoms with Crippen molar-refractivity contribution in [1.82, 2.24) is 24.4 Å². The molecule has 0 bridgehead atoms. The first-order valence-electron chi connectivity index (χ1n) is 10.3. The zero-order valence-electron chi connectivity index (χ0n) is 17.6. The third-order valence-electron chi connectivity index (χ3n) is 5.65. The van der Waals surface area contributed by atoms with Crippen LogP contribution >= 0.6 is 0 Å². The highest BCUT2D eigenvalue weighted by Crippen LogP contribution is 2.32. The van der Waals surface area contributed by atoms with E-state index in [1.165, 1.54) is 24.5 Å². The van der Waals surface area contributed by atoms with Crippen molar-refractivity contribution in [3.8, 4) is 11.8 Å². The number of likely N-dealkylation sites (tertiary alicyclic amines) is 1. The number of nitrogens with zero attached hydrogens (tertiary/aromatic N) is 5. The largest absolute Gasteiger partial charge is 0.468 e. The Morgan fingerprint density at radius 2 is 2.12 bits per heavy atom. The third-order valence-corrected chi connectivity index (χ3v) is 5.65. The first kappa shape index (κ1) is 21.5. The molecule has 3 aromatic heterocycles. The van der Waals surface area contributed by atoms with Gasteiger partial charge >= 0.3 is 12.1 Å². The summed E-state index contributed by atoms with van der Waals surface area (Å²) in [6, 6.07) is 4.35. The van der Waals surface area contributed by atoms with E-state index in [4.69, 9.17) is 10.2 Å². The minimum absolute atomic E-state index is 0.0204. The van der Waals surface area contributed by atoms with Crippen LogP contribution in [0.4, 0.5) is 19.0 Å². The lowest BCUT2D eigenvalue weighted by molar-refractivity contribution is -0.156. The second-order valence-electron chi connectivity index (χ2n) is 7.79. The fraction of sp³-hybridized carbons (Fsp3) is 0.217. The van der Waals surface area contributed by atoms with Gasteiger partial charge in [-0.1, -0.05) is 18.4 Å². The van der Waals surface area contributed by atoms with Crippen LogP contribution in [0.3, 0.4) is 0 Å². The molecular formula is C23H17F3N6O2. The molecule has 1 aliphatic rings. The molecule has 172 valence electrons. The molecule has 0 radical (unpaired) electrons. The van der Waals surface area contributed by atoms with Crippen LogP contribution in [0.1, 0.15) is 29.5 Å². The van der Waals surface area contributed by atoms with E-state index in [1.54, 1.807) is 11.0 Å². The molecule has 4 aromatic rings. The van der Waals surface area contributed by atoms with Crippen molar-refractivity contribution in [2.75, 3.05) is 18.8 Å². The summed E-state index contributed by atoms with van der Waals surface area (Å²) in [6.07, 6.45) is 0.521. The molecule has 34 heavy (non-hydrogen) atoms. The number of alkyl halides is 3. The van der Waals surface area contributed by atoms with Gasteiger partial charge in [0.15, 0.2) is 5.58 Å². The maximum atomic E-state index is 12.9. The van der Waals surface area contributed by atoms with Gasteiger partial charge in [-0.15, -0.1) is 0 Å². The van der Waals surface area contributed by atoms with E-state index < -0.39 is 12.1 Å². The van der Waals surface area contributed by atoms with Gasteiger partial charge in [0.1, 0.15) is 23.3 Å². The quantitative estimate of drug-likeness (QED) is 0.358. The lowest BCUT2D eigenvalue weighted by atomic mass is 10.2. The summed E-state index contributed by atoms with van der Waals surface area (Å²) in [6.45, 7) is 4.62. The second-order valence-corrected chi connectivity index (χ2v) is 7.79. The van der Waals surface area contributed by atoms with Crippen LogP contribution in [-0.4, -0.2) is 43.4 Å². The predicted molar refractivity (Wildman–Crippen MR) is 117 cm³/mol. The lowest BCUT2D eigenvalue weighted by Crippen LogP contribution is -2.27. The number of nitrogen functional groups attached to an aromatic ring is 1. The van der Waals surface area contributed by atoms with Gasteiger partial charge in [-0.2, -0.15) is 13.2 Å². The number of aromatic nitrogens is 4. The monoisotopic (exact) mass is 466 g/mol. The van der Waals surface area contributed by atoms with Crippen LogP contribution in [0.25, 0.3) is 22.1 Å². The predicted octanol–water partition coefficient (Wildman–Crippen LogP) is 3.53. The Bertz CT molecular complexity index is 1510. The van der Waals surface area contributed by atoms with Crippen LogP contribution in [-0.2, 0) is 11.0 Å². The molecule has 1 fully saturated rings. The number of oxazole rings is 1. The maximum absolute atomic E-state index is 12.9. The summed E-state index contributed by atoms with van der Waals surface area (Å²) < 4.78 is 45.3. The van der Waals surface area contributed by atoms with Crippen molar-refractivity contribution in [3.63, 3.8) is 0 Å². The van der Waals surface area contributed by atoms with E-state index >= 15 is 0 Å². The van der Waals surface area contributed by atoms with Crippen molar-refractivity contribution in [2.45, 2.75) is 18.6 Å². The van der Waals surface area contributed by atoms with E-state index in [0.29, 0.717) is 35.2 Å². The molecule has 4 heterocycles. The first-order chi connectivity index (χ1) is 16.2. The molecule has 0 spiro atoms. The number of fused-ring (bicyclic) bond motifs is 2. The first-order valence-corrected chi connectivity index (χ1v) is 10.3. The molecule has 8 nitrogen and oxygen atoms in total. The highest BCUT2D eigenvalue weighted by Gasteiger charge is 2.37. The number of amides is 1. The summed E-state index contributed by atoms with van der Waals surface area (Å²) in [5, 5.41) is 0.574. The van der Waals surface area contributed by atoms with E-state index in [1.807, 2.05) is 10.8 Å². The smallest absolute Gasteiger partial charge is 0.433 e. The van der Waals surface area contributed by atoms with Crippen molar-refractivity contribution in [2.24, 2.45) is 0 Å². The molecule has 1 saturated heterocycles. The van der Waals surface area contributed by atoms with E-state index in [9.17, 15) is 18.0 Å². The third kappa shape index (κ3) is 3.73. The second kappa shape index (κ2) is 7.91. The van der Waals surface area contributed by atoms with Crippen LogP contribution in [0.5, 0.6) is 0 Å². The Kier molecular flexibility index (Phi) is 5.01. The summed E-state index contributed by atoms with van der Waals surface area (Å²) >= 11 is 0. The summed E-state index contributed by atoms with van der Waals surface area (Å²) in [7, 11) is 0. The zero-order chi connectivity index (χ0) is 24.0. The summed E-state index contributed by atoms with van der Waals surface area (Å²) in [4.78, 5) is 25.6. The topological polar surface area (TPSA) is 103 Å². The number of nitrogens with two attached hydrogens (primary N) is 1. The maximum Gasteiger partial charge on any atom is 0.468 e. The number of carbonyl (C=O) groups is 1. The van der Waals surface area contributed by atoms with Gasteiger partial charge in [0.05, 0.1) is 17.0 Å². The Morgan fingerprint density at radius 3 is 2.88 bits per heavy atom. The van der Waals surface area contributed by atoms with Gasteiger partial charge in [-0.3, -0.25) is 4.79 Å². The highest BCUT2D eigenvalue weighted by atomic mass is 19.4.